The van der Waals surface area contributed by atoms with Crippen LogP contribution in [0.3, 0.4) is 0 Å². The average molecular weight is 234 g/mol. The predicted molar refractivity (Wildman–Crippen MR) is 66.8 cm³/mol. The minimum atomic E-state index is 0.525. The molecule has 0 atom stereocenters. The average Bonchev–Trinajstić information content (AvgIpc) is 2.66. The Balaban J connectivity index is 2.02. The second-order valence-corrected chi connectivity index (χ2v) is 4.85. The predicted octanol–water partition coefficient (Wildman–Crippen LogP) is 2.92. The fraction of sp³-hybridized carbons (Fsp3) is 0.250. The number of rotatable bonds is 3. The summed E-state index contributed by atoms with van der Waals surface area (Å²) in [7, 11) is 0. The molecule has 0 saturated heterocycles. The van der Waals surface area contributed by atoms with Crippen molar-refractivity contribution in [1.82, 2.24) is 4.98 Å². The van der Waals surface area contributed by atoms with Crippen molar-refractivity contribution < 1.29 is 4.74 Å². The number of nitrogens with two attached hydrogens (primary N) is 1. The third-order valence-corrected chi connectivity index (χ3v) is 3.23. The number of thiazole rings is 1. The highest BCUT2D eigenvalue weighted by Gasteiger charge is 2.01. The maximum Gasteiger partial charge on any atom is 0.180 e. The van der Waals surface area contributed by atoms with Gasteiger partial charge in [-0.25, -0.2) is 4.98 Å². The van der Waals surface area contributed by atoms with Crippen LogP contribution in [0, 0.1) is 13.8 Å². The van der Waals surface area contributed by atoms with Crippen LogP contribution in [0.2, 0.25) is 0 Å². The van der Waals surface area contributed by atoms with Crippen molar-refractivity contribution in [3.05, 3.63) is 40.4 Å². The number of nitrogens with zero attached hydrogens (tertiary/aromatic N) is 1. The quantitative estimate of drug-likeness (QED) is 0.888. The molecule has 0 fully saturated rings. The molecule has 0 spiro atoms. The zero-order valence-electron chi connectivity index (χ0n) is 9.36. The van der Waals surface area contributed by atoms with Crippen LogP contribution < -0.4 is 10.5 Å². The van der Waals surface area contributed by atoms with Gasteiger partial charge in [-0.1, -0.05) is 17.4 Å². The molecule has 0 radical (unpaired) electrons. The first kappa shape index (κ1) is 11.0. The maximum absolute atomic E-state index is 5.66. The van der Waals surface area contributed by atoms with Crippen molar-refractivity contribution in [3.8, 4) is 5.75 Å². The lowest BCUT2D eigenvalue weighted by Gasteiger charge is -2.06. The lowest BCUT2D eigenvalue weighted by Crippen LogP contribution is -1.93. The first-order valence-electron chi connectivity index (χ1n) is 5.05. The number of benzene rings is 1. The van der Waals surface area contributed by atoms with E-state index in [1.165, 1.54) is 22.5 Å². The van der Waals surface area contributed by atoms with Gasteiger partial charge in [-0.2, -0.15) is 0 Å². The smallest absolute Gasteiger partial charge is 0.180 e. The Morgan fingerprint density at radius 2 is 2.12 bits per heavy atom. The van der Waals surface area contributed by atoms with Gasteiger partial charge in [0.05, 0.1) is 4.88 Å². The molecule has 0 amide bonds. The molecule has 16 heavy (non-hydrogen) atoms. The molecule has 3 nitrogen and oxygen atoms in total. The van der Waals surface area contributed by atoms with Gasteiger partial charge < -0.3 is 10.5 Å². The Morgan fingerprint density at radius 1 is 1.31 bits per heavy atom. The van der Waals surface area contributed by atoms with E-state index in [4.69, 9.17) is 10.5 Å². The number of nitrogen functional groups attached to an aromatic ring is 1. The second-order valence-electron chi connectivity index (χ2n) is 3.70. The molecule has 0 aliphatic carbocycles. The highest BCUT2D eigenvalue weighted by Crippen LogP contribution is 2.20. The largest absolute Gasteiger partial charge is 0.488 e. The fourth-order valence-electron chi connectivity index (χ4n) is 1.35. The van der Waals surface area contributed by atoms with Crippen LogP contribution in [0.25, 0.3) is 0 Å². The summed E-state index contributed by atoms with van der Waals surface area (Å²) in [5, 5.41) is 0.582. The minimum Gasteiger partial charge on any atom is -0.488 e. The van der Waals surface area contributed by atoms with Crippen molar-refractivity contribution in [2.24, 2.45) is 0 Å². The molecular weight excluding hydrogens is 220 g/mol. The van der Waals surface area contributed by atoms with Crippen molar-refractivity contribution in [3.63, 3.8) is 0 Å². The molecule has 1 aromatic heterocycles. The molecule has 84 valence electrons. The topological polar surface area (TPSA) is 48.1 Å². The summed E-state index contributed by atoms with van der Waals surface area (Å²) in [6, 6.07) is 6.08. The summed E-state index contributed by atoms with van der Waals surface area (Å²) < 4.78 is 5.66. The Kier molecular flexibility index (Phi) is 3.10. The summed E-state index contributed by atoms with van der Waals surface area (Å²) in [5.74, 6) is 0.884. The fourth-order valence-corrected chi connectivity index (χ4v) is 1.94. The molecule has 0 aliphatic heterocycles. The highest BCUT2D eigenvalue weighted by molar-refractivity contribution is 7.15. The number of ether oxygens (including phenoxy) is 1. The number of anilines is 1. The molecule has 2 rings (SSSR count). The Hall–Kier alpha value is -1.55. The monoisotopic (exact) mass is 234 g/mol. The maximum atomic E-state index is 5.66. The molecular formula is C12H14N2OS. The van der Waals surface area contributed by atoms with Crippen LogP contribution in [0.1, 0.15) is 16.0 Å². The van der Waals surface area contributed by atoms with Crippen LogP contribution in [-0.2, 0) is 6.61 Å². The van der Waals surface area contributed by atoms with E-state index in [0.29, 0.717) is 11.7 Å². The normalized spacial score (nSPS) is 10.4. The molecule has 4 heteroatoms. The molecule has 2 N–H and O–H groups in total. The molecule has 1 heterocycles. The van der Waals surface area contributed by atoms with Gasteiger partial charge in [-0.05, 0) is 37.1 Å². The van der Waals surface area contributed by atoms with E-state index < -0.39 is 0 Å². The van der Waals surface area contributed by atoms with Gasteiger partial charge in [0.25, 0.3) is 0 Å². The summed E-state index contributed by atoms with van der Waals surface area (Å²) in [5.41, 5.74) is 8.05. The Bertz CT molecular complexity index is 494. The lowest BCUT2D eigenvalue weighted by molar-refractivity contribution is 0.309. The van der Waals surface area contributed by atoms with E-state index in [0.717, 1.165) is 10.6 Å². The van der Waals surface area contributed by atoms with Crippen LogP contribution >= 0.6 is 11.3 Å². The van der Waals surface area contributed by atoms with E-state index in [2.05, 4.69) is 24.9 Å². The Labute approximate surface area is 98.9 Å². The first-order chi connectivity index (χ1) is 7.65. The van der Waals surface area contributed by atoms with E-state index in [-0.39, 0.29) is 0 Å². The zero-order chi connectivity index (χ0) is 11.5. The van der Waals surface area contributed by atoms with E-state index in [1.807, 2.05) is 12.1 Å². The number of hydrogen-bond donors (Lipinski definition) is 1. The molecule has 0 unspecified atom stereocenters. The van der Waals surface area contributed by atoms with Gasteiger partial charge in [0.1, 0.15) is 12.4 Å². The first-order valence-corrected chi connectivity index (χ1v) is 5.87. The van der Waals surface area contributed by atoms with Crippen molar-refractivity contribution >= 4 is 16.5 Å². The number of aromatic nitrogens is 1. The van der Waals surface area contributed by atoms with Crippen LogP contribution in [0.5, 0.6) is 5.75 Å². The summed E-state index contributed by atoms with van der Waals surface area (Å²) >= 11 is 1.46. The third-order valence-electron chi connectivity index (χ3n) is 2.43. The summed E-state index contributed by atoms with van der Waals surface area (Å²) in [6.45, 7) is 4.69. The van der Waals surface area contributed by atoms with Crippen LogP contribution in [0.4, 0.5) is 5.13 Å². The number of aryl methyl sites for hydroxylation is 2. The van der Waals surface area contributed by atoms with Gasteiger partial charge in [0, 0.05) is 6.20 Å². The highest BCUT2D eigenvalue weighted by atomic mass is 32.1. The van der Waals surface area contributed by atoms with E-state index >= 15 is 0 Å². The SMILES string of the molecule is Cc1ccc(OCc2cnc(N)s2)cc1C. The van der Waals surface area contributed by atoms with E-state index in [9.17, 15) is 0 Å². The van der Waals surface area contributed by atoms with Crippen molar-refractivity contribution in [1.29, 1.82) is 0 Å². The molecule has 0 saturated carbocycles. The van der Waals surface area contributed by atoms with Crippen LogP contribution in [0.15, 0.2) is 24.4 Å². The van der Waals surface area contributed by atoms with Gasteiger partial charge >= 0.3 is 0 Å². The van der Waals surface area contributed by atoms with Gasteiger partial charge in [-0.15, -0.1) is 0 Å². The van der Waals surface area contributed by atoms with Gasteiger partial charge in [-0.3, -0.25) is 0 Å². The molecule has 0 bridgehead atoms. The van der Waals surface area contributed by atoms with E-state index in [1.54, 1.807) is 6.20 Å². The van der Waals surface area contributed by atoms with Crippen molar-refractivity contribution in [2.45, 2.75) is 20.5 Å². The van der Waals surface area contributed by atoms with Crippen LogP contribution in [-0.4, -0.2) is 4.98 Å². The standard InChI is InChI=1S/C12H14N2OS/c1-8-3-4-10(5-9(8)2)15-7-11-6-14-12(13)16-11/h3-6H,7H2,1-2H3,(H2,13,14). The molecule has 1 aromatic carbocycles. The summed E-state index contributed by atoms with van der Waals surface area (Å²) in [6.07, 6.45) is 1.75. The second kappa shape index (κ2) is 4.53. The lowest BCUT2D eigenvalue weighted by atomic mass is 10.1. The minimum absolute atomic E-state index is 0.525. The Morgan fingerprint density at radius 3 is 2.75 bits per heavy atom. The third kappa shape index (κ3) is 2.52. The number of hydrogen-bond acceptors (Lipinski definition) is 4. The molecule has 2 aromatic rings. The zero-order valence-corrected chi connectivity index (χ0v) is 10.2. The van der Waals surface area contributed by atoms with Gasteiger partial charge in [0.2, 0.25) is 0 Å². The van der Waals surface area contributed by atoms with Gasteiger partial charge in [0.15, 0.2) is 5.13 Å². The molecule has 0 aliphatic rings. The summed E-state index contributed by atoms with van der Waals surface area (Å²) in [4.78, 5) is 5.01. The van der Waals surface area contributed by atoms with Crippen molar-refractivity contribution in [2.75, 3.05) is 5.73 Å².